The van der Waals surface area contributed by atoms with E-state index in [1.54, 1.807) is 10.9 Å². The minimum absolute atomic E-state index is 0.511. The first kappa shape index (κ1) is 21.0. The summed E-state index contributed by atoms with van der Waals surface area (Å²) < 4.78 is 7.70. The number of hydrogen-bond donors (Lipinski definition) is 1. The summed E-state index contributed by atoms with van der Waals surface area (Å²) in [6.07, 6.45) is 8.93. The van der Waals surface area contributed by atoms with Crippen LogP contribution in [0.1, 0.15) is 36.8 Å². The highest BCUT2D eigenvalue weighted by Crippen LogP contribution is 2.26. The van der Waals surface area contributed by atoms with Crippen molar-refractivity contribution in [1.82, 2.24) is 29.9 Å². The summed E-state index contributed by atoms with van der Waals surface area (Å²) >= 11 is 0. The Hall–Kier alpha value is -3.52. The average molecular weight is 456 g/mol. The quantitative estimate of drug-likeness (QED) is 0.397. The third-order valence-electron chi connectivity index (χ3n) is 6.72. The lowest BCUT2D eigenvalue weighted by Crippen LogP contribution is -2.21. The van der Waals surface area contributed by atoms with E-state index in [4.69, 9.17) is 9.72 Å². The van der Waals surface area contributed by atoms with Crippen LogP contribution < -0.4 is 10.1 Å². The summed E-state index contributed by atoms with van der Waals surface area (Å²) in [6, 6.07) is 14.4. The van der Waals surface area contributed by atoms with E-state index in [1.165, 1.54) is 43.5 Å². The topological polar surface area (TPSA) is 81.0 Å². The monoisotopic (exact) mass is 455 g/mol. The van der Waals surface area contributed by atoms with Gasteiger partial charge < -0.3 is 15.0 Å². The molecule has 2 aromatic heterocycles. The van der Waals surface area contributed by atoms with Crippen LogP contribution in [0.3, 0.4) is 0 Å². The van der Waals surface area contributed by atoms with Crippen LogP contribution in [0.25, 0.3) is 16.9 Å². The molecule has 2 aliphatic rings. The number of nitrogens with one attached hydrogen (secondary N) is 1. The number of rotatable bonds is 8. The van der Waals surface area contributed by atoms with Gasteiger partial charge in [0.05, 0.1) is 18.5 Å². The Morgan fingerprint density at radius 3 is 2.68 bits per heavy atom. The first-order valence-electron chi connectivity index (χ1n) is 12.2. The van der Waals surface area contributed by atoms with Gasteiger partial charge in [0.2, 0.25) is 5.95 Å². The first-order chi connectivity index (χ1) is 16.8. The Labute approximate surface area is 199 Å². The predicted molar refractivity (Wildman–Crippen MR) is 132 cm³/mol. The molecule has 4 aromatic rings. The van der Waals surface area contributed by atoms with Crippen molar-refractivity contribution in [3.63, 3.8) is 0 Å². The third-order valence-corrected chi connectivity index (χ3v) is 6.72. The van der Waals surface area contributed by atoms with Gasteiger partial charge in [-0.2, -0.15) is 9.67 Å². The van der Waals surface area contributed by atoms with E-state index in [0.29, 0.717) is 17.1 Å². The number of hydrogen-bond acceptors (Lipinski definition) is 7. The maximum Gasteiger partial charge on any atom is 0.229 e. The van der Waals surface area contributed by atoms with E-state index in [1.807, 2.05) is 24.3 Å². The fraction of sp³-hybridized carbons (Fsp3) is 0.385. The van der Waals surface area contributed by atoms with E-state index < -0.39 is 0 Å². The average Bonchev–Trinajstić information content (AvgIpc) is 3.63. The molecular formula is C26H29N7O. The molecule has 6 rings (SSSR count). The summed E-state index contributed by atoms with van der Waals surface area (Å²) in [7, 11) is 0. The van der Waals surface area contributed by atoms with Crippen LogP contribution in [0.15, 0.2) is 48.7 Å². The maximum absolute atomic E-state index is 5.91. The zero-order valence-corrected chi connectivity index (χ0v) is 19.3. The summed E-state index contributed by atoms with van der Waals surface area (Å²) in [5.41, 5.74) is 6.08. The Morgan fingerprint density at radius 1 is 0.941 bits per heavy atom. The van der Waals surface area contributed by atoms with Crippen LogP contribution in [-0.2, 0) is 12.8 Å². The second kappa shape index (κ2) is 9.38. The second-order valence-electron chi connectivity index (χ2n) is 9.11. The van der Waals surface area contributed by atoms with Gasteiger partial charge in [0, 0.05) is 12.2 Å². The molecule has 1 aliphatic heterocycles. The molecule has 8 nitrogen and oxygen atoms in total. The van der Waals surface area contributed by atoms with Crippen molar-refractivity contribution >= 4 is 22.8 Å². The van der Waals surface area contributed by atoms with E-state index in [0.717, 1.165) is 49.5 Å². The SMILES string of the molecule is c1cc(OCCCN2CCCC2)ccc1Nc1ncc2nnn(-c3ccc4c(c3)CCC4)c2n1. The van der Waals surface area contributed by atoms with Crippen molar-refractivity contribution in [2.45, 2.75) is 38.5 Å². The predicted octanol–water partition coefficient (Wildman–Crippen LogP) is 4.31. The molecule has 0 saturated carbocycles. The molecule has 3 heterocycles. The highest BCUT2D eigenvalue weighted by Gasteiger charge is 2.15. The minimum atomic E-state index is 0.511. The van der Waals surface area contributed by atoms with Gasteiger partial charge in [0.25, 0.3) is 0 Å². The lowest BCUT2D eigenvalue weighted by Gasteiger charge is -2.14. The molecule has 1 fully saturated rings. The molecule has 0 unspecified atom stereocenters. The molecule has 1 saturated heterocycles. The standard InChI is InChI=1S/C26H29N7O/c1-2-14-32(13-1)15-4-16-34-23-11-8-21(9-12-23)28-26-27-18-24-25(29-26)33(31-30-24)22-10-7-19-5-3-6-20(19)17-22/h7-12,17-18H,1-6,13-16H2,(H,27,28,29). The van der Waals surface area contributed by atoms with Crippen LogP contribution >= 0.6 is 0 Å². The number of likely N-dealkylation sites (tertiary alicyclic amines) is 1. The highest BCUT2D eigenvalue weighted by molar-refractivity contribution is 5.73. The minimum Gasteiger partial charge on any atom is -0.494 e. The molecule has 34 heavy (non-hydrogen) atoms. The molecule has 1 aliphatic carbocycles. The van der Waals surface area contributed by atoms with Crippen molar-refractivity contribution in [1.29, 1.82) is 0 Å². The van der Waals surface area contributed by atoms with Gasteiger partial charge in [-0.25, -0.2) is 4.98 Å². The molecule has 0 spiro atoms. The Balaban J connectivity index is 1.11. The fourth-order valence-corrected chi connectivity index (χ4v) is 4.90. The lowest BCUT2D eigenvalue weighted by atomic mass is 10.1. The molecule has 174 valence electrons. The van der Waals surface area contributed by atoms with Crippen molar-refractivity contribution in [2.24, 2.45) is 0 Å². The van der Waals surface area contributed by atoms with E-state index in [-0.39, 0.29) is 0 Å². The van der Waals surface area contributed by atoms with Gasteiger partial charge in [0.1, 0.15) is 5.75 Å². The largest absolute Gasteiger partial charge is 0.494 e. The van der Waals surface area contributed by atoms with Gasteiger partial charge in [-0.05, 0) is 99.1 Å². The summed E-state index contributed by atoms with van der Waals surface area (Å²) in [5, 5.41) is 11.9. The normalized spacial score (nSPS) is 15.6. The maximum atomic E-state index is 5.91. The van der Waals surface area contributed by atoms with Gasteiger partial charge >= 0.3 is 0 Å². The van der Waals surface area contributed by atoms with Gasteiger partial charge in [-0.15, -0.1) is 5.10 Å². The Bertz CT molecular complexity index is 1280. The lowest BCUT2D eigenvalue weighted by molar-refractivity contribution is 0.263. The van der Waals surface area contributed by atoms with Crippen LogP contribution in [0.5, 0.6) is 5.75 Å². The smallest absolute Gasteiger partial charge is 0.229 e. The van der Waals surface area contributed by atoms with Crippen LogP contribution in [0.4, 0.5) is 11.6 Å². The van der Waals surface area contributed by atoms with Crippen LogP contribution in [-0.4, -0.2) is 56.1 Å². The number of nitrogens with zero attached hydrogens (tertiary/aromatic N) is 6. The second-order valence-corrected chi connectivity index (χ2v) is 9.11. The number of aryl methyl sites for hydroxylation is 2. The van der Waals surface area contributed by atoms with Crippen LogP contribution in [0.2, 0.25) is 0 Å². The Morgan fingerprint density at radius 2 is 1.79 bits per heavy atom. The van der Waals surface area contributed by atoms with E-state index >= 15 is 0 Å². The molecule has 1 N–H and O–H groups in total. The molecule has 8 heteroatoms. The molecule has 0 bridgehead atoms. The van der Waals surface area contributed by atoms with E-state index in [2.05, 4.69) is 43.7 Å². The first-order valence-corrected chi connectivity index (χ1v) is 12.2. The number of aromatic nitrogens is 5. The molecule has 2 aromatic carbocycles. The van der Waals surface area contributed by atoms with E-state index in [9.17, 15) is 0 Å². The molecular weight excluding hydrogens is 426 g/mol. The molecule has 0 radical (unpaired) electrons. The number of fused-ring (bicyclic) bond motifs is 2. The third kappa shape index (κ3) is 4.46. The van der Waals surface area contributed by atoms with Crippen molar-refractivity contribution in [3.05, 3.63) is 59.8 Å². The number of benzene rings is 2. The molecule has 0 atom stereocenters. The summed E-state index contributed by atoms with van der Waals surface area (Å²) in [6.45, 7) is 4.33. The summed E-state index contributed by atoms with van der Waals surface area (Å²) in [4.78, 5) is 11.6. The zero-order valence-electron chi connectivity index (χ0n) is 19.3. The van der Waals surface area contributed by atoms with Gasteiger partial charge in [0.15, 0.2) is 11.2 Å². The highest BCUT2D eigenvalue weighted by atomic mass is 16.5. The molecule has 0 amide bonds. The fourth-order valence-electron chi connectivity index (χ4n) is 4.90. The summed E-state index contributed by atoms with van der Waals surface area (Å²) in [5.74, 6) is 1.39. The van der Waals surface area contributed by atoms with Crippen molar-refractivity contribution in [3.8, 4) is 11.4 Å². The number of ether oxygens (including phenoxy) is 1. The zero-order chi connectivity index (χ0) is 22.7. The van der Waals surface area contributed by atoms with Crippen molar-refractivity contribution in [2.75, 3.05) is 31.6 Å². The van der Waals surface area contributed by atoms with Gasteiger partial charge in [-0.3, -0.25) is 0 Å². The number of anilines is 2. The van der Waals surface area contributed by atoms with Crippen molar-refractivity contribution < 1.29 is 4.74 Å². The Kier molecular flexibility index (Phi) is 5.81. The van der Waals surface area contributed by atoms with Crippen LogP contribution in [0, 0.1) is 0 Å². The van der Waals surface area contributed by atoms with Gasteiger partial charge in [-0.1, -0.05) is 11.3 Å².